The number of rotatable bonds is 3. The number of benzene rings is 1. The molecule has 0 bridgehead atoms. The largest absolute Gasteiger partial charge is 0.478 e. The van der Waals surface area contributed by atoms with Gasteiger partial charge in [0, 0.05) is 24.5 Å². The summed E-state index contributed by atoms with van der Waals surface area (Å²) in [5.41, 5.74) is 2.77. The highest BCUT2D eigenvalue weighted by Gasteiger charge is 2.19. The summed E-state index contributed by atoms with van der Waals surface area (Å²) < 4.78 is 0. The molecule has 4 heteroatoms. The summed E-state index contributed by atoms with van der Waals surface area (Å²) in [6.45, 7) is 2.64. The first-order valence-electron chi connectivity index (χ1n) is 6.33. The Morgan fingerprint density at radius 2 is 2.16 bits per heavy atom. The second-order valence-corrected chi connectivity index (χ2v) is 5.79. The van der Waals surface area contributed by atoms with Crippen molar-refractivity contribution in [3.63, 3.8) is 0 Å². The molecule has 0 amide bonds. The SMILES string of the molecule is O=C(O)c1ccccc1CN1CCc2ccsc2C1. The fraction of sp³-hybridized carbons (Fsp3) is 0.267. The highest BCUT2D eigenvalue weighted by Crippen LogP contribution is 2.25. The second kappa shape index (κ2) is 5.15. The Morgan fingerprint density at radius 1 is 1.32 bits per heavy atom. The molecular weight excluding hydrogens is 258 g/mol. The minimum atomic E-state index is -0.843. The Labute approximate surface area is 116 Å². The van der Waals surface area contributed by atoms with Crippen molar-refractivity contribution < 1.29 is 9.90 Å². The summed E-state index contributed by atoms with van der Waals surface area (Å²) in [6, 6.07) is 9.47. The molecule has 0 fully saturated rings. The van der Waals surface area contributed by atoms with Gasteiger partial charge < -0.3 is 5.11 Å². The van der Waals surface area contributed by atoms with E-state index in [9.17, 15) is 9.90 Å². The minimum Gasteiger partial charge on any atom is -0.478 e. The number of carboxylic acids is 1. The monoisotopic (exact) mass is 273 g/mol. The zero-order valence-corrected chi connectivity index (χ0v) is 11.3. The lowest BCUT2D eigenvalue weighted by atomic mass is 10.0. The van der Waals surface area contributed by atoms with Crippen LogP contribution in [0.15, 0.2) is 35.7 Å². The highest BCUT2D eigenvalue weighted by molar-refractivity contribution is 7.10. The van der Waals surface area contributed by atoms with Crippen LogP contribution in [0.1, 0.15) is 26.4 Å². The van der Waals surface area contributed by atoms with E-state index in [-0.39, 0.29) is 0 Å². The molecule has 0 unspecified atom stereocenters. The average molecular weight is 273 g/mol. The number of thiophene rings is 1. The highest BCUT2D eigenvalue weighted by atomic mass is 32.1. The number of fused-ring (bicyclic) bond motifs is 1. The normalized spacial score (nSPS) is 15.2. The van der Waals surface area contributed by atoms with Gasteiger partial charge in [-0.1, -0.05) is 18.2 Å². The molecular formula is C15H15NO2S. The maximum atomic E-state index is 11.2. The van der Waals surface area contributed by atoms with Crippen molar-refractivity contribution in [2.45, 2.75) is 19.5 Å². The van der Waals surface area contributed by atoms with E-state index >= 15 is 0 Å². The van der Waals surface area contributed by atoms with E-state index in [2.05, 4.69) is 16.3 Å². The third-order valence-electron chi connectivity index (χ3n) is 3.54. The molecule has 0 atom stereocenters. The van der Waals surface area contributed by atoms with E-state index in [1.807, 2.05) is 12.1 Å². The Bertz CT molecular complexity index is 606. The van der Waals surface area contributed by atoms with Crippen molar-refractivity contribution in [1.82, 2.24) is 4.90 Å². The number of nitrogens with zero attached hydrogens (tertiary/aromatic N) is 1. The summed E-state index contributed by atoms with van der Waals surface area (Å²) in [5.74, 6) is -0.843. The Hall–Kier alpha value is -1.65. The summed E-state index contributed by atoms with van der Waals surface area (Å²) in [6.07, 6.45) is 1.06. The van der Waals surface area contributed by atoms with Crippen molar-refractivity contribution in [1.29, 1.82) is 0 Å². The molecule has 0 radical (unpaired) electrons. The van der Waals surface area contributed by atoms with Crippen LogP contribution in [0.2, 0.25) is 0 Å². The lowest BCUT2D eigenvalue weighted by Gasteiger charge is -2.27. The first-order valence-corrected chi connectivity index (χ1v) is 7.21. The first-order chi connectivity index (χ1) is 9.24. The Balaban J connectivity index is 1.78. The van der Waals surface area contributed by atoms with Gasteiger partial charge in [-0.2, -0.15) is 0 Å². The predicted octanol–water partition coefficient (Wildman–Crippen LogP) is 3.00. The van der Waals surface area contributed by atoms with Crippen LogP contribution in [0, 0.1) is 0 Å². The van der Waals surface area contributed by atoms with Gasteiger partial charge in [0.15, 0.2) is 0 Å². The number of hydrogen-bond donors (Lipinski definition) is 1. The van der Waals surface area contributed by atoms with E-state index in [4.69, 9.17) is 0 Å². The molecule has 1 aromatic heterocycles. The van der Waals surface area contributed by atoms with Gasteiger partial charge in [0.1, 0.15) is 0 Å². The van der Waals surface area contributed by atoms with Gasteiger partial charge in [-0.3, -0.25) is 4.90 Å². The van der Waals surface area contributed by atoms with Crippen LogP contribution in [-0.2, 0) is 19.5 Å². The van der Waals surface area contributed by atoms with Crippen molar-refractivity contribution in [3.8, 4) is 0 Å². The third kappa shape index (κ3) is 2.55. The summed E-state index contributed by atoms with van der Waals surface area (Å²) >= 11 is 1.79. The van der Waals surface area contributed by atoms with Gasteiger partial charge >= 0.3 is 5.97 Å². The van der Waals surface area contributed by atoms with Crippen LogP contribution in [0.25, 0.3) is 0 Å². The van der Waals surface area contributed by atoms with E-state index in [0.29, 0.717) is 12.1 Å². The molecule has 98 valence electrons. The van der Waals surface area contributed by atoms with E-state index < -0.39 is 5.97 Å². The second-order valence-electron chi connectivity index (χ2n) is 4.79. The smallest absolute Gasteiger partial charge is 0.336 e. The molecule has 2 aromatic rings. The van der Waals surface area contributed by atoms with Gasteiger partial charge in [0.25, 0.3) is 0 Å². The van der Waals surface area contributed by atoms with Gasteiger partial charge in [-0.05, 0) is 35.1 Å². The van der Waals surface area contributed by atoms with Gasteiger partial charge in [-0.25, -0.2) is 4.79 Å². The molecule has 1 aliphatic heterocycles. The minimum absolute atomic E-state index is 0.416. The van der Waals surface area contributed by atoms with Crippen LogP contribution in [-0.4, -0.2) is 22.5 Å². The average Bonchev–Trinajstić information content (AvgIpc) is 2.86. The predicted molar refractivity (Wildman–Crippen MR) is 75.5 cm³/mol. The van der Waals surface area contributed by atoms with Crippen molar-refractivity contribution >= 4 is 17.3 Å². The topological polar surface area (TPSA) is 40.5 Å². The Morgan fingerprint density at radius 3 is 3.00 bits per heavy atom. The lowest BCUT2D eigenvalue weighted by Crippen LogP contribution is -2.29. The van der Waals surface area contributed by atoms with E-state index in [1.165, 1.54) is 10.4 Å². The summed E-state index contributed by atoms with van der Waals surface area (Å²) in [4.78, 5) is 14.9. The molecule has 1 N–H and O–H groups in total. The number of hydrogen-bond acceptors (Lipinski definition) is 3. The van der Waals surface area contributed by atoms with Crippen LogP contribution < -0.4 is 0 Å². The fourth-order valence-corrected chi connectivity index (χ4v) is 3.51. The molecule has 1 aromatic carbocycles. The fourth-order valence-electron chi connectivity index (χ4n) is 2.53. The third-order valence-corrected chi connectivity index (χ3v) is 4.49. The molecule has 2 heterocycles. The molecule has 0 saturated carbocycles. The van der Waals surface area contributed by atoms with Crippen LogP contribution >= 0.6 is 11.3 Å². The zero-order valence-electron chi connectivity index (χ0n) is 10.5. The maximum absolute atomic E-state index is 11.2. The molecule has 19 heavy (non-hydrogen) atoms. The van der Waals surface area contributed by atoms with E-state index in [0.717, 1.165) is 25.1 Å². The van der Waals surface area contributed by atoms with Crippen molar-refractivity contribution in [3.05, 3.63) is 57.3 Å². The first kappa shape index (κ1) is 12.4. The molecule has 0 aliphatic carbocycles. The number of carbonyl (C=O) groups is 1. The van der Waals surface area contributed by atoms with Crippen LogP contribution in [0.4, 0.5) is 0 Å². The van der Waals surface area contributed by atoms with E-state index in [1.54, 1.807) is 23.5 Å². The van der Waals surface area contributed by atoms with Crippen LogP contribution in [0.5, 0.6) is 0 Å². The molecule has 0 saturated heterocycles. The van der Waals surface area contributed by atoms with Crippen LogP contribution in [0.3, 0.4) is 0 Å². The molecule has 0 spiro atoms. The quantitative estimate of drug-likeness (QED) is 0.934. The molecule has 3 nitrogen and oxygen atoms in total. The standard InChI is InChI=1S/C15H15NO2S/c17-15(18)13-4-2-1-3-12(13)9-16-7-5-11-6-8-19-14(11)10-16/h1-4,6,8H,5,7,9-10H2,(H,17,18). The summed E-state index contributed by atoms with van der Waals surface area (Å²) in [7, 11) is 0. The number of aromatic carboxylic acids is 1. The van der Waals surface area contributed by atoms with Crippen molar-refractivity contribution in [2.75, 3.05) is 6.54 Å². The molecule has 1 aliphatic rings. The maximum Gasteiger partial charge on any atom is 0.336 e. The van der Waals surface area contributed by atoms with Gasteiger partial charge in [0.2, 0.25) is 0 Å². The summed E-state index contributed by atoms with van der Waals surface area (Å²) in [5, 5.41) is 11.3. The number of carboxylic acid groups (broad SMARTS) is 1. The lowest BCUT2D eigenvalue weighted by molar-refractivity contribution is 0.0694. The molecule has 3 rings (SSSR count). The van der Waals surface area contributed by atoms with Gasteiger partial charge in [0.05, 0.1) is 5.56 Å². The van der Waals surface area contributed by atoms with Gasteiger partial charge in [-0.15, -0.1) is 11.3 Å². The zero-order chi connectivity index (χ0) is 13.2. The van der Waals surface area contributed by atoms with Crippen molar-refractivity contribution in [2.24, 2.45) is 0 Å². The Kier molecular flexibility index (Phi) is 3.36.